The van der Waals surface area contributed by atoms with Gasteiger partial charge in [0, 0.05) is 46.0 Å². The van der Waals surface area contributed by atoms with Crippen molar-refractivity contribution in [2.45, 2.75) is 19.9 Å². The Hall–Kier alpha value is -2.14. The second kappa shape index (κ2) is 6.96. The molecule has 122 valence electrons. The lowest BCUT2D eigenvalue weighted by molar-refractivity contribution is 0.0761. The Morgan fingerprint density at radius 2 is 1.91 bits per heavy atom. The summed E-state index contributed by atoms with van der Waals surface area (Å²) < 4.78 is 1.68. The molecular formula is C18H24N4O. The zero-order chi connectivity index (χ0) is 16.2. The summed E-state index contributed by atoms with van der Waals surface area (Å²) >= 11 is 0. The van der Waals surface area contributed by atoms with Crippen molar-refractivity contribution in [2.75, 3.05) is 26.2 Å². The highest BCUT2D eigenvalue weighted by atomic mass is 16.2. The second-order valence-corrected chi connectivity index (χ2v) is 6.31. The molecule has 0 unspecified atom stereocenters. The number of aromatic nitrogens is 2. The van der Waals surface area contributed by atoms with Crippen LogP contribution in [0.5, 0.6) is 0 Å². The first-order valence-corrected chi connectivity index (χ1v) is 8.17. The predicted molar refractivity (Wildman–Crippen MR) is 90.2 cm³/mol. The summed E-state index contributed by atoms with van der Waals surface area (Å²) in [6, 6.07) is 8.70. The Morgan fingerprint density at radius 3 is 2.61 bits per heavy atom. The number of hydrogen-bond acceptors (Lipinski definition) is 3. The van der Waals surface area contributed by atoms with Gasteiger partial charge in [-0.05, 0) is 18.9 Å². The van der Waals surface area contributed by atoms with Gasteiger partial charge in [-0.1, -0.05) is 29.8 Å². The molecule has 0 radical (unpaired) electrons. The number of rotatable bonds is 3. The molecule has 0 bridgehead atoms. The normalized spacial score (nSPS) is 16.3. The third-order valence-electron chi connectivity index (χ3n) is 4.35. The smallest absolute Gasteiger partial charge is 0.257 e. The Balaban J connectivity index is 1.58. The quantitative estimate of drug-likeness (QED) is 0.871. The van der Waals surface area contributed by atoms with Crippen molar-refractivity contribution in [1.82, 2.24) is 19.6 Å². The van der Waals surface area contributed by atoms with E-state index >= 15 is 0 Å². The minimum Gasteiger partial charge on any atom is -0.337 e. The standard InChI is InChI=1S/C18H24N4O/c1-15-4-6-16(7-5-15)13-21-8-3-9-22(11-10-21)18(23)17-12-19-20(2)14-17/h4-7,12,14H,3,8-11,13H2,1-2H3. The van der Waals surface area contributed by atoms with Crippen LogP contribution in [0, 0.1) is 6.92 Å². The van der Waals surface area contributed by atoms with Crippen LogP contribution in [-0.2, 0) is 13.6 Å². The molecule has 23 heavy (non-hydrogen) atoms. The van der Waals surface area contributed by atoms with Crippen molar-refractivity contribution < 1.29 is 4.79 Å². The van der Waals surface area contributed by atoms with E-state index in [9.17, 15) is 4.79 Å². The van der Waals surface area contributed by atoms with Gasteiger partial charge >= 0.3 is 0 Å². The first kappa shape index (κ1) is 15.7. The lowest BCUT2D eigenvalue weighted by atomic mass is 10.1. The van der Waals surface area contributed by atoms with Crippen LogP contribution in [0.25, 0.3) is 0 Å². The van der Waals surface area contributed by atoms with Crippen LogP contribution in [0.2, 0.25) is 0 Å². The minimum absolute atomic E-state index is 0.0929. The summed E-state index contributed by atoms with van der Waals surface area (Å²) in [5, 5.41) is 4.09. The number of nitrogens with zero attached hydrogens (tertiary/aromatic N) is 4. The number of aryl methyl sites for hydroxylation is 2. The second-order valence-electron chi connectivity index (χ2n) is 6.31. The van der Waals surface area contributed by atoms with Crippen molar-refractivity contribution in [1.29, 1.82) is 0 Å². The van der Waals surface area contributed by atoms with Gasteiger partial charge in [0.2, 0.25) is 0 Å². The molecule has 1 saturated heterocycles. The molecule has 0 spiro atoms. The average Bonchev–Trinajstić information content (AvgIpc) is 2.84. The molecular weight excluding hydrogens is 288 g/mol. The maximum Gasteiger partial charge on any atom is 0.257 e. The fourth-order valence-corrected chi connectivity index (χ4v) is 3.00. The number of carbonyl (C=O) groups excluding carboxylic acids is 1. The summed E-state index contributed by atoms with van der Waals surface area (Å²) in [7, 11) is 1.84. The fourth-order valence-electron chi connectivity index (χ4n) is 3.00. The van der Waals surface area contributed by atoms with Gasteiger partial charge < -0.3 is 4.90 Å². The Bertz CT molecular complexity index is 662. The van der Waals surface area contributed by atoms with E-state index in [0.717, 1.165) is 39.1 Å². The van der Waals surface area contributed by atoms with Crippen molar-refractivity contribution in [3.8, 4) is 0 Å². The van der Waals surface area contributed by atoms with Crippen molar-refractivity contribution >= 4 is 5.91 Å². The molecule has 2 aromatic rings. The zero-order valence-electron chi connectivity index (χ0n) is 13.9. The molecule has 0 saturated carbocycles. The van der Waals surface area contributed by atoms with E-state index in [-0.39, 0.29) is 5.91 Å². The molecule has 0 atom stereocenters. The van der Waals surface area contributed by atoms with E-state index in [1.165, 1.54) is 11.1 Å². The minimum atomic E-state index is 0.0929. The molecule has 1 amide bonds. The number of hydrogen-bond donors (Lipinski definition) is 0. The Labute approximate surface area is 137 Å². The highest BCUT2D eigenvalue weighted by molar-refractivity contribution is 5.93. The first-order chi connectivity index (χ1) is 11.1. The maximum absolute atomic E-state index is 12.5. The van der Waals surface area contributed by atoms with Crippen molar-refractivity contribution in [3.05, 3.63) is 53.3 Å². The van der Waals surface area contributed by atoms with Crippen LogP contribution in [-0.4, -0.2) is 51.7 Å². The summed E-state index contributed by atoms with van der Waals surface area (Å²) in [4.78, 5) is 16.9. The van der Waals surface area contributed by atoms with E-state index in [2.05, 4.69) is 41.2 Å². The molecule has 1 aliphatic heterocycles. The van der Waals surface area contributed by atoms with Gasteiger partial charge in [0.25, 0.3) is 5.91 Å². The molecule has 1 aromatic carbocycles. The van der Waals surface area contributed by atoms with E-state index < -0.39 is 0 Å². The van der Waals surface area contributed by atoms with Crippen LogP contribution in [0.15, 0.2) is 36.7 Å². The monoisotopic (exact) mass is 312 g/mol. The summed E-state index contributed by atoms with van der Waals surface area (Å²) in [6.45, 7) is 6.61. The Morgan fingerprint density at radius 1 is 1.13 bits per heavy atom. The number of amides is 1. The lowest BCUT2D eigenvalue weighted by Gasteiger charge is -2.21. The molecule has 5 heteroatoms. The molecule has 0 aliphatic carbocycles. The van der Waals surface area contributed by atoms with Gasteiger partial charge in [-0.15, -0.1) is 0 Å². The Kier molecular flexibility index (Phi) is 4.76. The predicted octanol–water partition coefficient (Wildman–Crippen LogP) is 2.08. The number of carbonyl (C=O) groups is 1. The van der Waals surface area contributed by atoms with Crippen LogP contribution in [0.1, 0.15) is 27.9 Å². The van der Waals surface area contributed by atoms with Crippen LogP contribution in [0.3, 0.4) is 0 Å². The third-order valence-corrected chi connectivity index (χ3v) is 4.35. The highest BCUT2D eigenvalue weighted by Crippen LogP contribution is 2.12. The van der Waals surface area contributed by atoms with Crippen molar-refractivity contribution in [2.24, 2.45) is 7.05 Å². The van der Waals surface area contributed by atoms with Crippen LogP contribution in [0.4, 0.5) is 0 Å². The molecule has 1 aromatic heterocycles. The highest BCUT2D eigenvalue weighted by Gasteiger charge is 2.21. The SMILES string of the molecule is Cc1ccc(CN2CCCN(C(=O)c3cnn(C)c3)CC2)cc1. The molecule has 3 rings (SSSR count). The summed E-state index contributed by atoms with van der Waals surface area (Å²) in [5.41, 5.74) is 3.31. The van der Waals surface area contributed by atoms with Gasteiger partial charge in [0.1, 0.15) is 0 Å². The summed E-state index contributed by atoms with van der Waals surface area (Å²) in [5.74, 6) is 0.0929. The van der Waals surface area contributed by atoms with Gasteiger partial charge in [-0.25, -0.2) is 0 Å². The number of benzene rings is 1. The maximum atomic E-state index is 12.5. The third kappa shape index (κ3) is 3.99. The average molecular weight is 312 g/mol. The molecule has 0 N–H and O–H groups in total. The zero-order valence-corrected chi connectivity index (χ0v) is 13.9. The fraction of sp³-hybridized carbons (Fsp3) is 0.444. The van der Waals surface area contributed by atoms with Gasteiger partial charge in [0.05, 0.1) is 11.8 Å². The van der Waals surface area contributed by atoms with Crippen LogP contribution < -0.4 is 0 Å². The molecule has 2 heterocycles. The van der Waals surface area contributed by atoms with E-state index in [1.807, 2.05) is 11.9 Å². The lowest BCUT2D eigenvalue weighted by Crippen LogP contribution is -2.35. The topological polar surface area (TPSA) is 41.4 Å². The molecule has 5 nitrogen and oxygen atoms in total. The van der Waals surface area contributed by atoms with E-state index in [4.69, 9.17) is 0 Å². The van der Waals surface area contributed by atoms with Gasteiger partial charge in [0.15, 0.2) is 0 Å². The van der Waals surface area contributed by atoms with E-state index in [0.29, 0.717) is 5.56 Å². The van der Waals surface area contributed by atoms with Crippen LogP contribution >= 0.6 is 0 Å². The largest absolute Gasteiger partial charge is 0.337 e. The summed E-state index contributed by atoms with van der Waals surface area (Å²) in [6.07, 6.45) is 4.45. The first-order valence-electron chi connectivity index (χ1n) is 8.17. The van der Waals surface area contributed by atoms with Gasteiger partial charge in [-0.2, -0.15) is 5.10 Å². The van der Waals surface area contributed by atoms with Gasteiger partial charge in [-0.3, -0.25) is 14.4 Å². The molecule has 1 aliphatic rings. The molecule has 1 fully saturated rings. The van der Waals surface area contributed by atoms with Crippen molar-refractivity contribution in [3.63, 3.8) is 0 Å². The van der Waals surface area contributed by atoms with E-state index in [1.54, 1.807) is 17.1 Å².